The molecule has 1 amide bonds. The van der Waals surface area contributed by atoms with E-state index in [-0.39, 0.29) is 51.5 Å². The molecule has 0 unspecified atom stereocenters. The minimum atomic E-state index is -4.75. The number of azo groups is 1. The monoisotopic (exact) mass is 581 g/mol. The number of ether oxygens (including phenoxy) is 1. The fourth-order valence-electron chi connectivity index (χ4n) is 3.67. The molecule has 0 atom stereocenters. The molecule has 4 aromatic carbocycles. The Hall–Kier alpha value is -2.70. The fourth-order valence-corrected chi connectivity index (χ4v) is 5.13. The Morgan fingerprint density at radius 2 is 1.76 bits per heavy atom. The molecule has 9 nitrogen and oxygen atoms in total. The summed E-state index contributed by atoms with van der Waals surface area (Å²) in [6.07, 6.45) is 0. The predicted octanol–water partition coefficient (Wildman–Crippen LogP) is 3.46. The number of benzene rings is 4. The van der Waals surface area contributed by atoms with Crippen LogP contribution in [-0.4, -0.2) is 26.0 Å². The van der Waals surface area contributed by atoms with Crippen LogP contribution >= 0.6 is 23.2 Å². The van der Waals surface area contributed by atoms with E-state index in [9.17, 15) is 22.9 Å². The van der Waals surface area contributed by atoms with Gasteiger partial charge in [-0.1, -0.05) is 53.2 Å². The Bertz CT molecular complexity index is 1700. The molecule has 13 heteroatoms. The van der Waals surface area contributed by atoms with Gasteiger partial charge in [-0.15, -0.1) is 5.11 Å². The Balaban J connectivity index is 0.00000400. The summed E-state index contributed by atoms with van der Waals surface area (Å²) in [4.78, 5) is 12.4. The van der Waals surface area contributed by atoms with Gasteiger partial charge in [0.2, 0.25) is 0 Å². The number of nitrogens with one attached hydrogen (secondary N) is 1. The van der Waals surface area contributed by atoms with Crippen LogP contribution in [-0.2, 0) is 10.1 Å². The number of amides is 1. The van der Waals surface area contributed by atoms with Crippen molar-refractivity contribution < 1.29 is 57.2 Å². The van der Waals surface area contributed by atoms with Crippen LogP contribution in [0.25, 0.3) is 10.8 Å². The fraction of sp³-hybridized carbons (Fsp3) is 0.0800. The van der Waals surface area contributed by atoms with Gasteiger partial charge in [-0.05, 0) is 48.2 Å². The number of carbonyl (C=O) groups excluding carboxylic acids is 1. The van der Waals surface area contributed by atoms with E-state index in [1.54, 1.807) is 37.3 Å². The van der Waals surface area contributed by atoms with E-state index in [2.05, 4.69) is 15.5 Å². The molecule has 0 aliphatic carbocycles. The molecular weight excluding hydrogens is 564 g/mol. The molecule has 0 fully saturated rings. The third-order valence-corrected chi connectivity index (χ3v) is 6.84. The maximum atomic E-state index is 13.4. The average molecular weight is 582 g/mol. The van der Waals surface area contributed by atoms with Crippen molar-refractivity contribution in [2.45, 2.75) is 11.8 Å². The first-order chi connectivity index (χ1) is 17.5. The zero-order valence-corrected chi connectivity index (χ0v) is 24.6. The molecule has 0 radical (unpaired) electrons. The van der Waals surface area contributed by atoms with E-state index in [4.69, 9.17) is 27.9 Å². The van der Waals surface area contributed by atoms with Crippen LogP contribution in [0.5, 0.6) is 11.5 Å². The minimum absolute atomic E-state index is 0. The van der Waals surface area contributed by atoms with E-state index >= 15 is 0 Å². The number of methoxy groups -OCH3 is 1. The van der Waals surface area contributed by atoms with E-state index in [0.29, 0.717) is 32.8 Å². The van der Waals surface area contributed by atoms with E-state index in [1.807, 2.05) is 0 Å². The number of halogens is 2. The van der Waals surface area contributed by atoms with Gasteiger partial charge >= 0.3 is 29.6 Å². The first kappa shape index (κ1) is 29.9. The summed E-state index contributed by atoms with van der Waals surface area (Å²) in [6, 6.07) is 15.4. The Morgan fingerprint density at radius 3 is 2.45 bits per heavy atom. The van der Waals surface area contributed by atoms with Gasteiger partial charge in [0.05, 0.1) is 17.8 Å². The average Bonchev–Trinajstić information content (AvgIpc) is 2.81. The SMILES string of the molecule is COc1cc(Cl)cc(NC(=O)c2cc3ccccc3c(N=Nc3cc(C)cc(Cl)c3S(=O)(=O)O)c2[O-])c1.[Na+]. The summed E-state index contributed by atoms with van der Waals surface area (Å²) in [5.74, 6) is -1.07. The molecule has 2 N–H and O–H groups in total. The quantitative estimate of drug-likeness (QED) is 0.203. The van der Waals surface area contributed by atoms with Crippen LogP contribution in [0.2, 0.25) is 10.0 Å². The first-order valence-electron chi connectivity index (χ1n) is 10.6. The summed E-state index contributed by atoms with van der Waals surface area (Å²) in [6.45, 7) is 1.64. The normalized spacial score (nSPS) is 11.4. The van der Waals surface area contributed by atoms with Crippen LogP contribution < -0.4 is 44.7 Å². The summed E-state index contributed by atoms with van der Waals surface area (Å²) in [7, 11) is -3.31. The molecule has 0 bridgehead atoms. The van der Waals surface area contributed by atoms with Crippen molar-refractivity contribution in [3.8, 4) is 11.5 Å². The summed E-state index contributed by atoms with van der Waals surface area (Å²) >= 11 is 12.1. The van der Waals surface area contributed by atoms with Gasteiger partial charge in [0.25, 0.3) is 16.0 Å². The van der Waals surface area contributed by atoms with Crippen molar-refractivity contribution in [3.05, 3.63) is 81.8 Å². The van der Waals surface area contributed by atoms with E-state index in [1.165, 1.54) is 37.4 Å². The number of rotatable bonds is 6. The van der Waals surface area contributed by atoms with Gasteiger partial charge in [0.1, 0.15) is 16.3 Å². The number of fused-ring (bicyclic) bond motifs is 1. The molecule has 0 saturated carbocycles. The van der Waals surface area contributed by atoms with Crippen LogP contribution in [0.4, 0.5) is 17.1 Å². The Labute approximate surface area is 250 Å². The van der Waals surface area contributed by atoms with Crippen molar-refractivity contribution in [3.63, 3.8) is 0 Å². The second-order valence-corrected chi connectivity index (χ2v) is 10.1. The molecule has 0 aliphatic heterocycles. The first-order valence-corrected chi connectivity index (χ1v) is 12.8. The van der Waals surface area contributed by atoms with Gasteiger partial charge in [0.15, 0.2) is 0 Å². The molecule has 4 aromatic rings. The summed E-state index contributed by atoms with van der Waals surface area (Å²) in [5.41, 5.74) is 0.146. The number of aryl methyl sites for hydroxylation is 1. The van der Waals surface area contributed by atoms with Crippen LogP contribution in [0, 0.1) is 6.92 Å². The standard InChI is InChI=1S/C25H19Cl2N3O6S.Na/c1-13-7-20(27)24(37(33,34)35)21(8-13)29-30-22-18-6-4-3-5-14(18)9-19(23(22)31)25(32)28-16-10-15(26)11-17(12-16)36-2;/h3-12,31H,1-2H3,(H,28,32)(H,33,34,35);/q;+1/p-1. The Morgan fingerprint density at radius 1 is 1.05 bits per heavy atom. The van der Waals surface area contributed by atoms with Crippen LogP contribution in [0.15, 0.2) is 75.8 Å². The van der Waals surface area contributed by atoms with Crippen LogP contribution in [0.3, 0.4) is 0 Å². The van der Waals surface area contributed by atoms with Gasteiger partial charge in [-0.3, -0.25) is 9.35 Å². The molecule has 190 valence electrons. The molecule has 0 saturated heterocycles. The smallest absolute Gasteiger partial charge is 0.870 e. The molecular formula is C25H18Cl2N3NaO6S. The van der Waals surface area contributed by atoms with Gasteiger partial charge < -0.3 is 15.2 Å². The number of nitrogens with zero attached hydrogens (tertiary/aromatic N) is 2. The zero-order valence-electron chi connectivity index (χ0n) is 20.3. The van der Waals surface area contributed by atoms with Crippen molar-refractivity contribution in [1.82, 2.24) is 0 Å². The van der Waals surface area contributed by atoms with E-state index in [0.717, 1.165) is 0 Å². The minimum Gasteiger partial charge on any atom is -0.870 e. The van der Waals surface area contributed by atoms with Gasteiger partial charge in [-0.25, -0.2) is 0 Å². The predicted molar refractivity (Wildman–Crippen MR) is 140 cm³/mol. The second-order valence-electron chi connectivity index (χ2n) is 7.93. The number of hydrogen-bond acceptors (Lipinski definition) is 7. The maximum absolute atomic E-state index is 13.4. The summed E-state index contributed by atoms with van der Waals surface area (Å²) < 4.78 is 38.6. The largest absolute Gasteiger partial charge is 1.00 e. The number of hydrogen-bond donors (Lipinski definition) is 2. The van der Waals surface area contributed by atoms with Gasteiger partial charge in [0, 0.05) is 27.7 Å². The van der Waals surface area contributed by atoms with Crippen molar-refractivity contribution in [2.24, 2.45) is 10.2 Å². The van der Waals surface area contributed by atoms with Crippen molar-refractivity contribution in [2.75, 3.05) is 12.4 Å². The topological polar surface area (TPSA) is 140 Å². The number of carbonyl (C=O) groups is 1. The third-order valence-electron chi connectivity index (χ3n) is 5.27. The van der Waals surface area contributed by atoms with Crippen molar-refractivity contribution in [1.29, 1.82) is 0 Å². The van der Waals surface area contributed by atoms with Gasteiger partial charge in [-0.2, -0.15) is 13.5 Å². The molecule has 0 spiro atoms. The zero-order chi connectivity index (χ0) is 26.9. The molecule has 38 heavy (non-hydrogen) atoms. The molecule has 0 aliphatic rings. The summed E-state index contributed by atoms with van der Waals surface area (Å²) in [5, 5.41) is 24.9. The molecule has 0 aromatic heterocycles. The van der Waals surface area contributed by atoms with Crippen molar-refractivity contribution >= 4 is 67.1 Å². The molecule has 0 heterocycles. The van der Waals surface area contributed by atoms with Crippen LogP contribution in [0.1, 0.15) is 15.9 Å². The molecule has 4 rings (SSSR count). The second kappa shape index (κ2) is 12.0. The Kier molecular flexibility index (Phi) is 9.43. The third kappa shape index (κ3) is 6.47. The van der Waals surface area contributed by atoms with E-state index < -0.39 is 26.7 Å². The number of anilines is 1. The maximum Gasteiger partial charge on any atom is 1.00 e.